The number of benzene rings is 2. The zero-order chi connectivity index (χ0) is 24.6. The summed E-state index contributed by atoms with van der Waals surface area (Å²) < 4.78 is 0. The van der Waals surface area contributed by atoms with Crippen LogP contribution in [0.15, 0.2) is 91.3 Å². The van der Waals surface area contributed by atoms with Gasteiger partial charge in [0, 0.05) is 30.9 Å². The number of pyridine rings is 1. The normalized spacial score (nSPS) is 15.9. The van der Waals surface area contributed by atoms with Crippen molar-refractivity contribution in [2.24, 2.45) is 5.73 Å². The summed E-state index contributed by atoms with van der Waals surface area (Å²) in [4.78, 5) is 44.4. The first kappa shape index (κ1) is 23.9. The minimum absolute atomic E-state index is 0.0421. The van der Waals surface area contributed by atoms with Crippen LogP contribution in [0.5, 0.6) is 0 Å². The maximum Gasteiger partial charge on any atom is 0.251 e. The fourth-order valence-electron chi connectivity index (χ4n) is 4.32. The predicted molar refractivity (Wildman–Crippen MR) is 133 cm³/mol. The number of aromatic nitrogens is 1. The first-order valence-electron chi connectivity index (χ1n) is 11.6. The average Bonchev–Trinajstić information content (AvgIpc) is 2.89. The van der Waals surface area contributed by atoms with Gasteiger partial charge in [-0.1, -0.05) is 60.7 Å². The molecule has 178 valence electrons. The van der Waals surface area contributed by atoms with Crippen LogP contribution in [0.2, 0.25) is 0 Å². The molecule has 0 saturated carbocycles. The molecule has 2 heterocycles. The highest BCUT2D eigenvalue weighted by molar-refractivity contribution is 5.98. The summed E-state index contributed by atoms with van der Waals surface area (Å²) in [7, 11) is 0. The molecule has 1 aromatic heterocycles. The van der Waals surface area contributed by atoms with Crippen LogP contribution in [0.1, 0.15) is 39.5 Å². The Labute approximate surface area is 204 Å². The minimum atomic E-state index is -0.768. The molecule has 2 atom stereocenters. The molecule has 0 saturated heterocycles. The van der Waals surface area contributed by atoms with E-state index in [-0.39, 0.29) is 24.3 Å². The summed E-state index contributed by atoms with van der Waals surface area (Å²) in [5.41, 5.74) is 8.22. The van der Waals surface area contributed by atoms with Gasteiger partial charge in [-0.15, -0.1) is 0 Å². The first-order chi connectivity index (χ1) is 17.0. The summed E-state index contributed by atoms with van der Waals surface area (Å²) >= 11 is 0. The second kappa shape index (κ2) is 11.2. The van der Waals surface area contributed by atoms with E-state index in [9.17, 15) is 14.4 Å². The highest BCUT2D eigenvalue weighted by atomic mass is 16.2. The van der Waals surface area contributed by atoms with Gasteiger partial charge in [-0.3, -0.25) is 19.4 Å². The fraction of sp³-hybridized carbons (Fsp3) is 0.214. The molecule has 1 aliphatic rings. The zero-order valence-electron chi connectivity index (χ0n) is 19.3. The van der Waals surface area contributed by atoms with E-state index in [1.165, 1.54) is 0 Å². The Morgan fingerprint density at radius 1 is 1.00 bits per heavy atom. The largest absolute Gasteiger partial charge is 0.369 e. The van der Waals surface area contributed by atoms with Crippen molar-refractivity contribution >= 4 is 17.7 Å². The Balaban J connectivity index is 1.60. The van der Waals surface area contributed by atoms with E-state index in [0.717, 1.165) is 11.1 Å². The van der Waals surface area contributed by atoms with E-state index in [1.54, 1.807) is 41.6 Å². The summed E-state index contributed by atoms with van der Waals surface area (Å²) in [6.07, 6.45) is 8.60. The molecule has 3 N–H and O–H groups in total. The van der Waals surface area contributed by atoms with Gasteiger partial charge in [0.2, 0.25) is 11.8 Å². The van der Waals surface area contributed by atoms with Crippen LogP contribution in [0.25, 0.3) is 0 Å². The van der Waals surface area contributed by atoms with Gasteiger partial charge in [-0.2, -0.15) is 0 Å². The van der Waals surface area contributed by atoms with Gasteiger partial charge in [0.1, 0.15) is 6.04 Å². The molecule has 7 nitrogen and oxygen atoms in total. The van der Waals surface area contributed by atoms with Crippen molar-refractivity contribution in [2.75, 3.05) is 6.54 Å². The van der Waals surface area contributed by atoms with Crippen molar-refractivity contribution in [3.8, 4) is 0 Å². The quantitative estimate of drug-likeness (QED) is 0.496. The SMILES string of the molecule is NC(=O)Cc1cccc(C(=O)NC(Cc2ccccc2)C(=O)N2CC=CCC2c2cccnc2)c1. The molecule has 2 aromatic carbocycles. The fourth-order valence-corrected chi connectivity index (χ4v) is 4.32. The zero-order valence-corrected chi connectivity index (χ0v) is 19.3. The number of amides is 3. The van der Waals surface area contributed by atoms with Crippen LogP contribution in [-0.2, 0) is 22.4 Å². The Morgan fingerprint density at radius 2 is 1.80 bits per heavy atom. The van der Waals surface area contributed by atoms with Gasteiger partial charge >= 0.3 is 0 Å². The molecule has 4 rings (SSSR count). The Bertz CT molecular complexity index is 1210. The van der Waals surface area contributed by atoms with Crippen LogP contribution in [0, 0.1) is 0 Å². The maximum atomic E-state index is 13.9. The molecule has 7 heteroatoms. The molecule has 2 unspecified atom stereocenters. The molecule has 0 fully saturated rings. The Kier molecular flexibility index (Phi) is 7.67. The Morgan fingerprint density at radius 3 is 2.54 bits per heavy atom. The van der Waals surface area contributed by atoms with Crippen LogP contribution >= 0.6 is 0 Å². The second-order valence-corrected chi connectivity index (χ2v) is 8.56. The molecule has 1 aliphatic heterocycles. The van der Waals surface area contributed by atoms with Gasteiger partial charge in [-0.25, -0.2) is 0 Å². The first-order valence-corrected chi connectivity index (χ1v) is 11.6. The van der Waals surface area contributed by atoms with E-state index < -0.39 is 11.9 Å². The number of hydrogen-bond acceptors (Lipinski definition) is 4. The van der Waals surface area contributed by atoms with Gasteiger partial charge in [0.05, 0.1) is 12.5 Å². The maximum absolute atomic E-state index is 13.9. The summed E-state index contributed by atoms with van der Waals surface area (Å²) in [6.45, 7) is 0.452. The third-order valence-electron chi connectivity index (χ3n) is 6.01. The van der Waals surface area contributed by atoms with Gasteiger partial charge < -0.3 is 16.0 Å². The number of nitrogens with zero attached hydrogens (tertiary/aromatic N) is 2. The standard InChI is InChI=1S/C28H28N4O3/c29-26(33)18-21-10-6-11-22(16-21)27(34)31-24(17-20-8-2-1-3-9-20)28(35)32-15-5-4-13-25(32)23-12-7-14-30-19-23/h1-12,14,16,19,24-25H,13,15,17-18H2,(H2,29,33)(H,31,34). The molecule has 0 aliphatic carbocycles. The van der Waals surface area contributed by atoms with Gasteiger partial charge in [0.25, 0.3) is 5.91 Å². The lowest BCUT2D eigenvalue weighted by Gasteiger charge is -2.36. The summed E-state index contributed by atoms with van der Waals surface area (Å²) in [6, 6.07) is 19.2. The molecular weight excluding hydrogens is 440 g/mol. The van der Waals surface area contributed by atoms with E-state index >= 15 is 0 Å². The van der Waals surface area contributed by atoms with Crippen molar-refractivity contribution in [2.45, 2.75) is 31.3 Å². The summed E-state index contributed by atoms with van der Waals surface area (Å²) in [5.74, 6) is -1.01. The predicted octanol–water partition coefficient (Wildman–Crippen LogP) is 2.98. The van der Waals surface area contributed by atoms with Gasteiger partial charge in [-0.05, 0) is 41.3 Å². The lowest BCUT2D eigenvalue weighted by molar-refractivity contribution is -0.135. The number of nitrogens with two attached hydrogens (primary N) is 1. The van der Waals surface area contributed by atoms with Crippen molar-refractivity contribution in [1.82, 2.24) is 15.2 Å². The highest BCUT2D eigenvalue weighted by Crippen LogP contribution is 2.28. The number of primary amides is 1. The smallest absolute Gasteiger partial charge is 0.251 e. The monoisotopic (exact) mass is 468 g/mol. The molecular formula is C28H28N4O3. The van der Waals surface area contributed by atoms with Crippen LogP contribution in [-0.4, -0.2) is 40.2 Å². The van der Waals surface area contributed by atoms with Crippen LogP contribution in [0.4, 0.5) is 0 Å². The molecule has 3 amide bonds. The molecule has 0 radical (unpaired) electrons. The second-order valence-electron chi connectivity index (χ2n) is 8.56. The van der Waals surface area contributed by atoms with Crippen molar-refractivity contribution < 1.29 is 14.4 Å². The van der Waals surface area contributed by atoms with Gasteiger partial charge in [0.15, 0.2) is 0 Å². The van der Waals surface area contributed by atoms with E-state index in [4.69, 9.17) is 5.73 Å². The van der Waals surface area contributed by atoms with Crippen molar-refractivity contribution in [3.05, 3.63) is 114 Å². The number of nitrogens with one attached hydrogen (secondary N) is 1. The molecule has 0 spiro atoms. The molecule has 35 heavy (non-hydrogen) atoms. The lowest BCUT2D eigenvalue weighted by atomic mass is 9.97. The minimum Gasteiger partial charge on any atom is -0.369 e. The van der Waals surface area contributed by atoms with Crippen LogP contribution in [0.3, 0.4) is 0 Å². The number of carbonyl (C=O) groups is 3. The van der Waals surface area contributed by atoms with Crippen LogP contribution < -0.4 is 11.1 Å². The number of rotatable bonds is 8. The summed E-state index contributed by atoms with van der Waals surface area (Å²) in [5, 5.41) is 2.95. The number of carbonyl (C=O) groups excluding carboxylic acids is 3. The average molecular weight is 469 g/mol. The third-order valence-corrected chi connectivity index (χ3v) is 6.01. The van der Waals surface area contributed by atoms with Crippen molar-refractivity contribution in [1.29, 1.82) is 0 Å². The van der Waals surface area contributed by atoms with E-state index in [1.807, 2.05) is 48.5 Å². The number of hydrogen-bond donors (Lipinski definition) is 2. The molecule has 0 bridgehead atoms. The van der Waals surface area contributed by atoms with Crippen molar-refractivity contribution in [3.63, 3.8) is 0 Å². The van der Waals surface area contributed by atoms with E-state index in [2.05, 4.69) is 16.4 Å². The Hall–Kier alpha value is -4.26. The third kappa shape index (κ3) is 6.20. The molecule has 3 aromatic rings. The highest BCUT2D eigenvalue weighted by Gasteiger charge is 2.32. The van der Waals surface area contributed by atoms with E-state index in [0.29, 0.717) is 30.5 Å². The topological polar surface area (TPSA) is 105 Å². The lowest BCUT2D eigenvalue weighted by Crippen LogP contribution is -2.51.